The maximum atomic E-state index is 13.1. The van der Waals surface area contributed by atoms with E-state index in [0.29, 0.717) is 12.5 Å². The minimum atomic E-state index is -4.82. The van der Waals surface area contributed by atoms with E-state index in [-0.39, 0.29) is 29.1 Å². The minimum Gasteiger partial charge on any atom is -0.376 e. The number of nitriles is 1. The van der Waals surface area contributed by atoms with Crippen LogP contribution in [0.5, 0.6) is 0 Å². The summed E-state index contributed by atoms with van der Waals surface area (Å²) in [5, 5.41) is 18.7. The molecule has 0 bridgehead atoms. The molecule has 0 spiro atoms. The number of nitrogens with zero attached hydrogens (tertiary/aromatic N) is 2. The molecule has 0 saturated heterocycles. The summed E-state index contributed by atoms with van der Waals surface area (Å²) in [5.74, 6) is -0.275. The van der Waals surface area contributed by atoms with Crippen molar-refractivity contribution >= 4 is 5.91 Å². The lowest BCUT2D eigenvalue weighted by molar-refractivity contribution is -0.258. The Kier molecular flexibility index (Phi) is 5.42. The molecule has 7 heteroatoms. The molecule has 1 aliphatic carbocycles. The number of amides is 1. The molecule has 1 aliphatic rings. The SMILES string of the molecule is C[C@H](c1ccc(C#N)cc1)N(C(=O)c1ccc([C@](C)(O)C(F)(F)F)cc1)C1CC1. The van der Waals surface area contributed by atoms with Gasteiger partial charge in [-0.3, -0.25) is 4.79 Å². The van der Waals surface area contributed by atoms with Gasteiger partial charge in [-0.1, -0.05) is 24.3 Å². The molecule has 1 fully saturated rings. The van der Waals surface area contributed by atoms with Crippen molar-refractivity contribution in [3.05, 3.63) is 70.8 Å². The number of alkyl halides is 3. The molecule has 0 unspecified atom stereocenters. The highest BCUT2D eigenvalue weighted by molar-refractivity contribution is 5.95. The second-order valence-corrected chi connectivity index (χ2v) is 7.50. The number of rotatable bonds is 5. The standard InChI is InChI=1S/C22H21F3N2O2/c1-14(16-5-3-15(13-26)4-6-16)27(19-11-12-19)20(28)17-7-9-18(10-8-17)21(2,29)22(23,24)25/h3-10,14,19,29H,11-12H2,1-2H3/t14-,21+/m1/s1. The number of benzene rings is 2. The van der Waals surface area contributed by atoms with E-state index in [1.807, 2.05) is 6.92 Å². The fourth-order valence-electron chi connectivity index (χ4n) is 3.26. The summed E-state index contributed by atoms with van der Waals surface area (Å²) in [6.07, 6.45) is -3.08. The number of carbonyl (C=O) groups excluding carboxylic acids is 1. The molecule has 3 rings (SSSR count). The summed E-state index contributed by atoms with van der Waals surface area (Å²) in [6.45, 7) is 2.58. The fraction of sp³-hybridized carbons (Fsp3) is 0.364. The van der Waals surface area contributed by atoms with Gasteiger partial charge in [0.25, 0.3) is 5.91 Å². The summed E-state index contributed by atoms with van der Waals surface area (Å²) in [4.78, 5) is 14.8. The molecule has 4 nitrogen and oxygen atoms in total. The van der Waals surface area contributed by atoms with E-state index in [9.17, 15) is 23.1 Å². The van der Waals surface area contributed by atoms with Crippen molar-refractivity contribution in [3.8, 4) is 6.07 Å². The molecule has 0 radical (unpaired) electrons. The normalized spacial score (nSPS) is 17.1. The van der Waals surface area contributed by atoms with Crippen molar-refractivity contribution in [2.75, 3.05) is 0 Å². The third-order valence-corrected chi connectivity index (χ3v) is 5.36. The first kappa shape index (κ1) is 20.9. The smallest absolute Gasteiger partial charge is 0.376 e. The van der Waals surface area contributed by atoms with Gasteiger partial charge in [-0.15, -0.1) is 0 Å². The van der Waals surface area contributed by atoms with Crippen molar-refractivity contribution in [1.82, 2.24) is 4.90 Å². The lowest BCUT2D eigenvalue weighted by Gasteiger charge is -2.30. The zero-order chi connectivity index (χ0) is 21.4. The van der Waals surface area contributed by atoms with E-state index >= 15 is 0 Å². The van der Waals surface area contributed by atoms with Gasteiger partial charge in [-0.25, -0.2) is 0 Å². The molecule has 0 aromatic heterocycles. The second-order valence-electron chi connectivity index (χ2n) is 7.50. The van der Waals surface area contributed by atoms with Crippen LogP contribution in [-0.2, 0) is 5.60 Å². The lowest BCUT2D eigenvalue weighted by Crippen LogP contribution is -2.39. The van der Waals surface area contributed by atoms with Gasteiger partial charge in [-0.2, -0.15) is 18.4 Å². The van der Waals surface area contributed by atoms with Gasteiger partial charge in [0.05, 0.1) is 17.7 Å². The van der Waals surface area contributed by atoms with Crippen LogP contribution in [0.4, 0.5) is 13.2 Å². The third kappa shape index (κ3) is 4.13. The van der Waals surface area contributed by atoms with E-state index in [1.54, 1.807) is 29.2 Å². The molecular weight excluding hydrogens is 381 g/mol. The average Bonchev–Trinajstić information content (AvgIpc) is 3.52. The minimum absolute atomic E-state index is 0.0751. The molecule has 2 aromatic rings. The largest absolute Gasteiger partial charge is 0.421 e. The Morgan fingerprint density at radius 3 is 2.14 bits per heavy atom. The summed E-state index contributed by atoms with van der Waals surface area (Å²) in [5.41, 5.74) is -1.64. The molecule has 1 saturated carbocycles. The van der Waals surface area contributed by atoms with E-state index < -0.39 is 11.8 Å². The Morgan fingerprint density at radius 1 is 1.14 bits per heavy atom. The third-order valence-electron chi connectivity index (χ3n) is 5.36. The van der Waals surface area contributed by atoms with Crippen molar-refractivity contribution in [1.29, 1.82) is 5.26 Å². The molecule has 1 amide bonds. The number of halogens is 3. The van der Waals surface area contributed by atoms with Crippen LogP contribution in [0.15, 0.2) is 48.5 Å². The Hall–Kier alpha value is -2.85. The molecule has 0 aliphatic heterocycles. The highest BCUT2D eigenvalue weighted by Gasteiger charge is 2.51. The first-order valence-corrected chi connectivity index (χ1v) is 9.28. The number of carbonyl (C=O) groups is 1. The maximum Gasteiger partial charge on any atom is 0.421 e. The Balaban J connectivity index is 1.85. The Bertz CT molecular complexity index is 925. The van der Waals surface area contributed by atoms with Gasteiger partial charge in [0.15, 0.2) is 5.60 Å². The van der Waals surface area contributed by atoms with Gasteiger partial charge >= 0.3 is 6.18 Å². The zero-order valence-corrected chi connectivity index (χ0v) is 16.1. The maximum absolute atomic E-state index is 13.1. The molecule has 29 heavy (non-hydrogen) atoms. The monoisotopic (exact) mass is 402 g/mol. The Labute approximate surface area is 167 Å². The van der Waals surface area contributed by atoms with Crippen molar-refractivity contribution in [3.63, 3.8) is 0 Å². The number of hydrogen-bond acceptors (Lipinski definition) is 3. The zero-order valence-electron chi connectivity index (χ0n) is 16.1. The van der Waals surface area contributed by atoms with Gasteiger partial charge in [0.1, 0.15) is 0 Å². The van der Waals surface area contributed by atoms with Crippen LogP contribution < -0.4 is 0 Å². The first-order chi connectivity index (χ1) is 13.6. The second kappa shape index (κ2) is 7.53. The van der Waals surface area contributed by atoms with E-state index in [1.165, 1.54) is 12.1 Å². The topological polar surface area (TPSA) is 64.3 Å². The van der Waals surface area contributed by atoms with Crippen molar-refractivity contribution in [2.45, 2.75) is 50.6 Å². The van der Waals surface area contributed by atoms with Crippen LogP contribution in [0.1, 0.15) is 59.8 Å². The lowest BCUT2D eigenvalue weighted by atomic mass is 9.94. The molecule has 1 N–H and O–H groups in total. The van der Waals surface area contributed by atoms with Gasteiger partial charge in [0, 0.05) is 11.6 Å². The van der Waals surface area contributed by atoms with Crippen LogP contribution in [0.25, 0.3) is 0 Å². The summed E-state index contributed by atoms with van der Waals surface area (Å²) in [7, 11) is 0. The van der Waals surface area contributed by atoms with Gasteiger partial charge in [-0.05, 0) is 62.1 Å². The van der Waals surface area contributed by atoms with Crippen LogP contribution in [0.2, 0.25) is 0 Å². The van der Waals surface area contributed by atoms with Crippen molar-refractivity contribution in [2.24, 2.45) is 0 Å². The highest BCUT2D eigenvalue weighted by atomic mass is 19.4. The molecule has 2 aromatic carbocycles. The number of hydrogen-bond donors (Lipinski definition) is 1. The molecule has 152 valence electrons. The van der Waals surface area contributed by atoms with E-state index in [2.05, 4.69) is 6.07 Å². The summed E-state index contributed by atoms with van der Waals surface area (Å²) in [6, 6.07) is 13.8. The molecule has 0 heterocycles. The van der Waals surface area contributed by atoms with Gasteiger partial charge in [0.2, 0.25) is 0 Å². The molecule has 2 atom stereocenters. The fourth-order valence-corrected chi connectivity index (χ4v) is 3.26. The predicted octanol–water partition coefficient (Wildman–Crippen LogP) is 4.69. The number of aliphatic hydroxyl groups is 1. The first-order valence-electron chi connectivity index (χ1n) is 9.28. The van der Waals surface area contributed by atoms with Gasteiger partial charge < -0.3 is 10.0 Å². The highest BCUT2D eigenvalue weighted by Crippen LogP contribution is 2.39. The molecular formula is C22H21F3N2O2. The van der Waals surface area contributed by atoms with Crippen molar-refractivity contribution < 1.29 is 23.1 Å². The quantitative estimate of drug-likeness (QED) is 0.789. The summed E-state index contributed by atoms with van der Waals surface area (Å²) >= 11 is 0. The van der Waals surface area contributed by atoms with E-state index in [4.69, 9.17) is 5.26 Å². The summed E-state index contributed by atoms with van der Waals surface area (Å²) < 4.78 is 39.1. The van der Waals surface area contributed by atoms with Crippen LogP contribution in [0, 0.1) is 11.3 Å². The van der Waals surface area contributed by atoms with Crippen LogP contribution in [0.3, 0.4) is 0 Å². The van der Waals surface area contributed by atoms with E-state index in [0.717, 1.165) is 30.5 Å². The average molecular weight is 402 g/mol. The van der Waals surface area contributed by atoms with Crippen LogP contribution >= 0.6 is 0 Å². The Morgan fingerprint density at radius 2 is 1.69 bits per heavy atom. The van der Waals surface area contributed by atoms with Crippen LogP contribution in [-0.4, -0.2) is 28.1 Å². The predicted molar refractivity (Wildman–Crippen MR) is 101 cm³/mol.